The summed E-state index contributed by atoms with van der Waals surface area (Å²) in [7, 11) is 0. The number of H-pyrrole nitrogens is 1. The molecule has 0 aliphatic heterocycles. The summed E-state index contributed by atoms with van der Waals surface area (Å²) in [5.41, 5.74) is 1.48. The molecule has 0 saturated carbocycles. The minimum atomic E-state index is -2.95. The van der Waals surface area contributed by atoms with Crippen molar-refractivity contribution in [3.05, 3.63) is 54.7 Å². The van der Waals surface area contributed by atoms with Gasteiger partial charge in [-0.15, -0.1) is 0 Å². The summed E-state index contributed by atoms with van der Waals surface area (Å²) in [4.78, 5) is 28.3. The second kappa shape index (κ2) is 8.51. The van der Waals surface area contributed by atoms with Crippen LogP contribution in [0.15, 0.2) is 54.7 Å². The van der Waals surface area contributed by atoms with Crippen molar-refractivity contribution in [3.8, 4) is 5.75 Å². The van der Waals surface area contributed by atoms with Gasteiger partial charge < -0.3 is 25.8 Å². The molecule has 0 bridgehead atoms. The second-order valence-electron chi connectivity index (χ2n) is 6.24. The molecule has 9 heteroatoms. The number of carbonyl (C=O) groups is 2. The first kappa shape index (κ1) is 20.0. The minimum absolute atomic E-state index is 0.0601. The first-order valence-corrected chi connectivity index (χ1v) is 8.63. The maximum absolute atomic E-state index is 12.7. The lowest BCUT2D eigenvalue weighted by Gasteiger charge is -2.16. The van der Waals surface area contributed by atoms with Gasteiger partial charge in [-0.1, -0.05) is 6.07 Å². The highest BCUT2D eigenvalue weighted by molar-refractivity contribution is 6.25. The fourth-order valence-corrected chi connectivity index (χ4v) is 2.85. The molecule has 1 atom stereocenters. The summed E-state index contributed by atoms with van der Waals surface area (Å²) < 4.78 is 28.7. The summed E-state index contributed by atoms with van der Waals surface area (Å²) in [5.74, 6) is -2.78. The topological polar surface area (TPSA) is 107 Å². The molecular weight excluding hydrogens is 382 g/mol. The number of carbonyl (C=O) groups excluding carboxylic acids is 2. The van der Waals surface area contributed by atoms with Crippen molar-refractivity contribution >= 4 is 39.8 Å². The number of fused-ring (bicyclic) bond motifs is 1. The third-order valence-corrected chi connectivity index (χ3v) is 4.16. The average molecular weight is 400 g/mol. The number of anilines is 2. The normalized spacial score (nSPS) is 11.9. The van der Waals surface area contributed by atoms with Crippen LogP contribution in [0.25, 0.3) is 10.9 Å². The number of halogens is 2. The quantitative estimate of drug-likeness (QED) is 0.356. The number of aromatic nitrogens is 1. The minimum Gasteiger partial charge on any atom is -0.435 e. The standard InChI is InChI=1S/C20H18F2N4O3/c1-11(23)17(18(27)25-12-5-7-13(8-6-12)29-20(21)22)19(28)26-16-4-2-3-15-14(16)9-10-24-15/h2-10,17,20,23-24H,1H3,(H,25,27)(H,26,28). The van der Waals surface area contributed by atoms with E-state index < -0.39 is 24.3 Å². The molecule has 3 aromatic rings. The smallest absolute Gasteiger partial charge is 0.387 e. The number of aromatic amines is 1. The molecule has 150 valence electrons. The number of alkyl halides is 2. The van der Waals surface area contributed by atoms with E-state index in [2.05, 4.69) is 20.4 Å². The predicted molar refractivity (Wildman–Crippen MR) is 106 cm³/mol. The van der Waals surface area contributed by atoms with Gasteiger partial charge in [0.05, 0.1) is 5.69 Å². The van der Waals surface area contributed by atoms with Crippen LogP contribution in [0.5, 0.6) is 5.75 Å². The Labute approximate surface area is 164 Å². The molecule has 0 fully saturated rings. The zero-order valence-electron chi connectivity index (χ0n) is 15.3. The molecule has 0 aliphatic carbocycles. The van der Waals surface area contributed by atoms with Crippen molar-refractivity contribution in [2.24, 2.45) is 5.92 Å². The van der Waals surface area contributed by atoms with Crippen LogP contribution in [0.2, 0.25) is 0 Å². The highest BCUT2D eigenvalue weighted by Crippen LogP contribution is 2.23. The van der Waals surface area contributed by atoms with Crippen LogP contribution in [-0.2, 0) is 9.59 Å². The number of nitrogens with one attached hydrogen (secondary N) is 4. The fraction of sp³-hybridized carbons (Fsp3) is 0.150. The molecule has 0 radical (unpaired) electrons. The fourth-order valence-electron chi connectivity index (χ4n) is 2.85. The lowest BCUT2D eigenvalue weighted by atomic mass is 10.0. The Balaban J connectivity index is 1.73. The summed E-state index contributed by atoms with van der Waals surface area (Å²) in [5, 5.41) is 13.8. The number of hydrogen-bond donors (Lipinski definition) is 4. The zero-order chi connectivity index (χ0) is 21.0. The first-order chi connectivity index (χ1) is 13.8. The summed E-state index contributed by atoms with van der Waals surface area (Å²) in [6, 6.07) is 12.4. The van der Waals surface area contributed by atoms with Crippen LogP contribution in [0.4, 0.5) is 20.2 Å². The molecule has 7 nitrogen and oxygen atoms in total. The van der Waals surface area contributed by atoms with Gasteiger partial charge in [-0.3, -0.25) is 9.59 Å². The lowest BCUT2D eigenvalue weighted by molar-refractivity contribution is -0.126. The SMILES string of the molecule is CC(=N)C(C(=O)Nc1ccc(OC(F)F)cc1)C(=O)Nc1cccc2[nH]ccc12. The maximum Gasteiger partial charge on any atom is 0.387 e. The van der Waals surface area contributed by atoms with Crippen molar-refractivity contribution in [1.29, 1.82) is 5.41 Å². The van der Waals surface area contributed by atoms with Gasteiger partial charge >= 0.3 is 6.61 Å². The van der Waals surface area contributed by atoms with Crippen LogP contribution in [0.3, 0.4) is 0 Å². The Bertz CT molecular complexity index is 1050. The third kappa shape index (κ3) is 4.75. The van der Waals surface area contributed by atoms with E-state index >= 15 is 0 Å². The molecule has 4 N–H and O–H groups in total. The number of rotatable bonds is 7. The van der Waals surface area contributed by atoms with Gasteiger partial charge in [0.25, 0.3) is 0 Å². The Morgan fingerprint density at radius 3 is 2.38 bits per heavy atom. The van der Waals surface area contributed by atoms with Crippen molar-refractivity contribution < 1.29 is 23.1 Å². The highest BCUT2D eigenvalue weighted by Gasteiger charge is 2.29. The van der Waals surface area contributed by atoms with E-state index in [-0.39, 0.29) is 17.1 Å². The molecule has 0 saturated heterocycles. The summed E-state index contributed by atoms with van der Waals surface area (Å²) >= 11 is 0. The molecule has 2 amide bonds. The summed E-state index contributed by atoms with van der Waals surface area (Å²) in [6.07, 6.45) is 1.73. The molecule has 3 rings (SSSR count). The van der Waals surface area contributed by atoms with Crippen LogP contribution in [0.1, 0.15) is 6.92 Å². The monoisotopic (exact) mass is 400 g/mol. The van der Waals surface area contributed by atoms with E-state index in [1.54, 1.807) is 24.4 Å². The number of hydrogen-bond acceptors (Lipinski definition) is 4. The van der Waals surface area contributed by atoms with Crippen LogP contribution in [-0.4, -0.2) is 29.1 Å². The molecule has 0 spiro atoms. The van der Waals surface area contributed by atoms with Crippen molar-refractivity contribution in [2.45, 2.75) is 13.5 Å². The van der Waals surface area contributed by atoms with E-state index in [1.807, 2.05) is 6.07 Å². The maximum atomic E-state index is 12.7. The Morgan fingerprint density at radius 2 is 1.72 bits per heavy atom. The zero-order valence-corrected chi connectivity index (χ0v) is 15.3. The van der Waals surface area contributed by atoms with Crippen molar-refractivity contribution in [2.75, 3.05) is 10.6 Å². The molecule has 1 aromatic heterocycles. The molecule has 1 unspecified atom stereocenters. The van der Waals surface area contributed by atoms with Gasteiger partial charge in [-0.25, -0.2) is 0 Å². The van der Waals surface area contributed by atoms with Gasteiger partial charge in [0.2, 0.25) is 11.8 Å². The van der Waals surface area contributed by atoms with Crippen LogP contribution in [0, 0.1) is 11.3 Å². The molecular formula is C20H18F2N4O3. The van der Waals surface area contributed by atoms with Gasteiger partial charge in [-0.05, 0) is 49.4 Å². The molecule has 2 aromatic carbocycles. The molecule has 1 heterocycles. The van der Waals surface area contributed by atoms with E-state index in [0.717, 1.165) is 10.9 Å². The van der Waals surface area contributed by atoms with Crippen LogP contribution < -0.4 is 15.4 Å². The van der Waals surface area contributed by atoms with E-state index in [4.69, 9.17) is 5.41 Å². The van der Waals surface area contributed by atoms with Crippen LogP contribution >= 0.6 is 0 Å². The predicted octanol–water partition coefficient (Wildman–Crippen LogP) is 4.00. The number of amides is 2. The van der Waals surface area contributed by atoms with Crippen molar-refractivity contribution in [3.63, 3.8) is 0 Å². The van der Waals surface area contributed by atoms with Crippen molar-refractivity contribution in [1.82, 2.24) is 4.98 Å². The number of benzene rings is 2. The van der Waals surface area contributed by atoms with E-state index in [1.165, 1.54) is 31.2 Å². The number of ether oxygens (including phenoxy) is 1. The third-order valence-electron chi connectivity index (χ3n) is 4.16. The summed E-state index contributed by atoms with van der Waals surface area (Å²) in [6.45, 7) is -1.59. The molecule has 29 heavy (non-hydrogen) atoms. The molecule has 0 aliphatic rings. The van der Waals surface area contributed by atoms with Gasteiger partial charge in [0, 0.05) is 28.5 Å². The van der Waals surface area contributed by atoms with Gasteiger partial charge in [-0.2, -0.15) is 8.78 Å². The Hall–Kier alpha value is -3.75. The first-order valence-electron chi connectivity index (χ1n) is 8.63. The van der Waals surface area contributed by atoms with Gasteiger partial charge in [0.1, 0.15) is 5.75 Å². The highest BCUT2D eigenvalue weighted by atomic mass is 19.3. The van der Waals surface area contributed by atoms with Gasteiger partial charge in [0.15, 0.2) is 5.92 Å². The lowest BCUT2D eigenvalue weighted by Crippen LogP contribution is -2.38. The van der Waals surface area contributed by atoms with E-state index in [0.29, 0.717) is 5.69 Å². The van der Waals surface area contributed by atoms with E-state index in [9.17, 15) is 18.4 Å². The largest absolute Gasteiger partial charge is 0.435 e. The average Bonchev–Trinajstić information content (AvgIpc) is 3.12. The Morgan fingerprint density at radius 1 is 1.03 bits per heavy atom. The Kier molecular flexibility index (Phi) is 5.87. The second-order valence-corrected chi connectivity index (χ2v) is 6.24.